The number of nitrogens with zero attached hydrogens (tertiary/aromatic N) is 2. The van der Waals surface area contributed by atoms with Crippen molar-refractivity contribution in [2.75, 3.05) is 4.90 Å². The minimum absolute atomic E-state index is 0.0490. The molecule has 128 valence electrons. The molecule has 3 nitrogen and oxygen atoms in total. The summed E-state index contributed by atoms with van der Waals surface area (Å²) in [5.41, 5.74) is 4.94. The molecule has 1 fully saturated rings. The first-order valence-corrected chi connectivity index (χ1v) is 9.45. The maximum atomic E-state index is 6.29. The molecule has 1 spiro atoms. The summed E-state index contributed by atoms with van der Waals surface area (Å²) in [5.74, 6) is 1.12. The number of para-hydroxylation sites is 1. The van der Waals surface area contributed by atoms with Crippen LogP contribution in [0, 0.1) is 6.92 Å². The van der Waals surface area contributed by atoms with Crippen LogP contribution in [-0.4, -0.2) is 4.98 Å². The molecular formula is C22H24N2O. The van der Waals surface area contributed by atoms with Gasteiger partial charge >= 0.3 is 0 Å². The average Bonchev–Trinajstić information content (AvgIpc) is 3.13. The molecule has 0 radical (unpaired) electrons. The molecule has 1 aliphatic heterocycles. The molecule has 0 saturated heterocycles. The van der Waals surface area contributed by atoms with Crippen molar-refractivity contribution >= 4 is 16.8 Å². The average molecular weight is 332 g/mol. The lowest BCUT2D eigenvalue weighted by molar-refractivity contribution is 0.284. The molecule has 3 heteroatoms. The van der Waals surface area contributed by atoms with Crippen LogP contribution >= 0.6 is 0 Å². The largest absolute Gasteiger partial charge is 0.440 e. The van der Waals surface area contributed by atoms with Crippen LogP contribution in [0.15, 0.2) is 47.0 Å². The van der Waals surface area contributed by atoms with Crippen LogP contribution in [-0.2, 0) is 5.54 Å². The van der Waals surface area contributed by atoms with E-state index in [9.17, 15) is 0 Å². The van der Waals surface area contributed by atoms with Gasteiger partial charge in [-0.25, -0.2) is 4.98 Å². The normalized spacial score (nSPS) is 21.8. The topological polar surface area (TPSA) is 29.3 Å². The van der Waals surface area contributed by atoms with Gasteiger partial charge in [0, 0.05) is 22.8 Å². The van der Waals surface area contributed by atoms with Gasteiger partial charge in [-0.1, -0.05) is 37.5 Å². The van der Waals surface area contributed by atoms with Gasteiger partial charge in [0.2, 0.25) is 5.71 Å². The molecule has 0 amide bonds. The second-order valence-electron chi connectivity index (χ2n) is 7.62. The quantitative estimate of drug-likeness (QED) is 0.557. The number of furan rings is 1. The second-order valence-corrected chi connectivity index (χ2v) is 7.62. The maximum Gasteiger partial charge on any atom is 0.226 e. The van der Waals surface area contributed by atoms with Crippen molar-refractivity contribution in [1.29, 1.82) is 0 Å². The molecule has 1 atom stereocenters. The van der Waals surface area contributed by atoms with E-state index in [2.05, 4.69) is 54.1 Å². The molecule has 0 N–H and O–H groups in total. The fourth-order valence-corrected chi connectivity index (χ4v) is 5.23. The monoisotopic (exact) mass is 332 g/mol. The van der Waals surface area contributed by atoms with Gasteiger partial charge in [0.05, 0.1) is 11.6 Å². The number of aryl methyl sites for hydroxylation is 1. The minimum atomic E-state index is 0.0490. The Bertz CT molecular complexity index is 936. The van der Waals surface area contributed by atoms with Crippen molar-refractivity contribution < 1.29 is 4.42 Å². The van der Waals surface area contributed by atoms with Gasteiger partial charge in [0.25, 0.3) is 0 Å². The Morgan fingerprint density at radius 1 is 1.08 bits per heavy atom. The lowest BCUT2D eigenvalue weighted by Gasteiger charge is -2.45. The van der Waals surface area contributed by atoms with E-state index in [1.165, 1.54) is 54.3 Å². The molecule has 1 unspecified atom stereocenters. The van der Waals surface area contributed by atoms with Crippen LogP contribution in [0.3, 0.4) is 0 Å². The van der Waals surface area contributed by atoms with Crippen LogP contribution in [0.2, 0.25) is 0 Å². The second kappa shape index (κ2) is 5.35. The van der Waals surface area contributed by atoms with Crippen molar-refractivity contribution in [3.8, 4) is 0 Å². The molecule has 1 aliphatic carbocycles. The van der Waals surface area contributed by atoms with E-state index < -0.39 is 0 Å². The zero-order valence-corrected chi connectivity index (χ0v) is 15.0. The number of benzene rings is 1. The van der Waals surface area contributed by atoms with Gasteiger partial charge in [-0.15, -0.1) is 0 Å². The van der Waals surface area contributed by atoms with Crippen molar-refractivity contribution in [3.63, 3.8) is 0 Å². The van der Waals surface area contributed by atoms with Crippen LogP contribution in [0.1, 0.15) is 62.0 Å². The van der Waals surface area contributed by atoms with Crippen LogP contribution in [0.5, 0.6) is 0 Å². The predicted molar refractivity (Wildman–Crippen MR) is 101 cm³/mol. The third kappa shape index (κ3) is 1.95. The highest BCUT2D eigenvalue weighted by molar-refractivity contribution is 5.84. The molecular weight excluding hydrogens is 308 g/mol. The lowest BCUT2D eigenvalue weighted by atomic mass is 9.76. The first kappa shape index (κ1) is 15.0. The molecule has 1 saturated carbocycles. The van der Waals surface area contributed by atoms with Gasteiger partial charge < -0.3 is 9.32 Å². The Balaban J connectivity index is 1.79. The number of aromatic nitrogens is 1. The summed E-state index contributed by atoms with van der Waals surface area (Å²) < 4.78 is 6.29. The Morgan fingerprint density at radius 2 is 1.88 bits per heavy atom. The van der Waals surface area contributed by atoms with E-state index in [-0.39, 0.29) is 11.6 Å². The summed E-state index contributed by atoms with van der Waals surface area (Å²) >= 11 is 0. The van der Waals surface area contributed by atoms with Crippen LogP contribution in [0.4, 0.5) is 5.69 Å². The molecule has 25 heavy (non-hydrogen) atoms. The molecule has 0 bridgehead atoms. The van der Waals surface area contributed by atoms with Gasteiger partial charge in [-0.05, 0) is 50.5 Å². The van der Waals surface area contributed by atoms with E-state index in [0.717, 1.165) is 11.5 Å². The molecule has 3 heterocycles. The lowest BCUT2D eigenvalue weighted by Crippen LogP contribution is -2.44. The number of fused-ring (bicyclic) bond motifs is 4. The zero-order valence-electron chi connectivity index (χ0n) is 15.0. The van der Waals surface area contributed by atoms with Crippen LogP contribution < -0.4 is 4.90 Å². The van der Waals surface area contributed by atoms with E-state index in [0.29, 0.717) is 0 Å². The van der Waals surface area contributed by atoms with E-state index >= 15 is 0 Å². The van der Waals surface area contributed by atoms with Crippen molar-refractivity contribution in [2.45, 2.75) is 57.5 Å². The maximum absolute atomic E-state index is 6.29. The number of pyridine rings is 1. The number of anilines is 1. The van der Waals surface area contributed by atoms with Crippen LogP contribution in [0.25, 0.3) is 11.1 Å². The fraction of sp³-hybridized carbons (Fsp3) is 0.409. The highest BCUT2D eigenvalue weighted by Gasteiger charge is 2.52. The van der Waals surface area contributed by atoms with Gasteiger partial charge in [-0.2, -0.15) is 0 Å². The first-order chi connectivity index (χ1) is 12.2. The highest BCUT2D eigenvalue weighted by Crippen LogP contribution is 2.58. The molecule has 5 rings (SSSR count). The number of hydrogen-bond acceptors (Lipinski definition) is 3. The summed E-state index contributed by atoms with van der Waals surface area (Å²) in [6.45, 7) is 4.51. The summed E-state index contributed by atoms with van der Waals surface area (Å²) in [6.07, 6.45) is 8.12. The highest BCUT2D eigenvalue weighted by atomic mass is 16.3. The van der Waals surface area contributed by atoms with E-state index in [4.69, 9.17) is 4.42 Å². The van der Waals surface area contributed by atoms with E-state index in [1.807, 2.05) is 12.3 Å². The summed E-state index contributed by atoms with van der Waals surface area (Å²) in [7, 11) is 0. The Kier molecular flexibility index (Phi) is 3.21. The third-order valence-corrected chi connectivity index (χ3v) is 6.24. The van der Waals surface area contributed by atoms with Gasteiger partial charge in [0.15, 0.2) is 0 Å². The van der Waals surface area contributed by atoms with Gasteiger partial charge in [0.1, 0.15) is 5.76 Å². The third-order valence-electron chi connectivity index (χ3n) is 6.24. The Morgan fingerprint density at radius 3 is 2.68 bits per heavy atom. The van der Waals surface area contributed by atoms with Crippen molar-refractivity contribution in [1.82, 2.24) is 4.98 Å². The molecule has 2 aromatic heterocycles. The zero-order chi connectivity index (χ0) is 17.0. The minimum Gasteiger partial charge on any atom is -0.440 e. The number of rotatable bonds is 1. The molecule has 3 aromatic rings. The van der Waals surface area contributed by atoms with Crippen molar-refractivity contribution in [2.24, 2.45) is 0 Å². The fourth-order valence-electron chi connectivity index (χ4n) is 5.23. The summed E-state index contributed by atoms with van der Waals surface area (Å²) in [4.78, 5) is 7.14. The van der Waals surface area contributed by atoms with E-state index in [1.54, 1.807) is 0 Å². The summed E-state index contributed by atoms with van der Waals surface area (Å²) in [6, 6.07) is 13.2. The standard InChI is InChI=1S/C22H24N2O/c1-15-9-4-5-11-18(15)24-16(2)20-19(22(24)12-6-3-7-13-22)17-10-8-14-23-21(17)25-20/h4-5,8-11,14,16H,3,6-7,12-13H2,1-2H3. The SMILES string of the molecule is Cc1ccccc1N1C(C)c2oc3ncccc3c2C12CCCCC2. The Labute approximate surface area is 148 Å². The smallest absolute Gasteiger partial charge is 0.226 e. The predicted octanol–water partition coefficient (Wildman–Crippen LogP) is 5.88. The molecule has 1 aromatic carbocycles. The summed E-state index contributed by atoms with van der Waals surface area (Å²) in [5, 5.41) is 1.21. The van der Waals surface area contributed by atoms with Crippen molar-refractivity contribution in [3.05, 3.63) is 59.5 Å². The molecule has 2 aliphatic rings. The number of hydrogen-bond donors (Lipinski definition) is 0. The first-order valence-electron chi connectivity index (χ1n) is 9.45. The Hall–Kier alpha value is -2.29. The van der Waals surface area contributed by atoms with Gasteiger partial charge in [-0.3, -0.25) is 0 Å².